The molecule has 2 N–H and O–H groups in total. The Bertz CT molecular complexity index is 1080. The molecule has 3 rings (SSSR count). The average Bonchev–Trinajstić information content (AvgIpc) is 3.33. The van der Waals surface area contributed by atoms with Crippen molar-refractivity contribution in [2.75, 3.05) is 13.1 Å². The zero-order chi connectivity index (χ0) is 21.7. The van der Waals surface area contributed by atoms with Gasteiger partial charge in [-0.3, -0.25) is 9.59 Å². The Morgan fingerprint density at radius 1 is 1.23 bits per heavy atom. The molecule has 0 unspecified atom stereocenters. The quantitative estimate of drug-likeness (QED) is 0.306. The van der Waals surface area contributed by atoms with Crippen LogP contribution in [0.5, 0.6) is 0 Å². The Kier molecular flexibility index (Phi) is 6.37. The fourth-order valence-electron chi connectivity index (χ4n) is 2.42. The molecule has 2 heterocycles. The van der Waals surface area contributed by atoms with Crippen molar-refractivity contribution in [2.24, 2.45) is 0 Å². The molecule has 3 aromatic rings. The lowest BCUT2D eigenvalue weighted by Gasteiger charge is -2.05. The number of carbonyl (C=O) groups excluding carboxylic acids is 2. The molecule has 0 saturated heterocycles. The van der Waals surface area contributed by atoms with E-state index in [1.807, 2.05) is 0 Å². The smallest absolute Gasteiger partial charge is 0.358 e. The van der Waals surface area contributed by atoms with Crippen molar-refractivity contribution in [3.05, 3.63) is 57.1 Å². The van der Waals surface area contributed by atoms with Crippen molar-refractivity contribution in [1.82, 2.24) is 30.6 Å². The van der Waals surface area contributed by atoms with Crippen LogP contribution in [0.2, 0.25) is 5.02 Å². The fraction of sp³-hybridized carbons (Fsp3) is 0.235. The second kappa shape index (κ2) is 9.13. The standard InChI is InChI=1S/C17H16ClN7O5/c1-10-8-13(25(28)29)22-24(10)9-14(26)19-6-7-20-16(27)17-21-15(23-30-17)11-2-4-12(18)5-3-11/h2-5,8H,6-7,9H2,1H3,(H,19,26)(H,20,27). The summed E-state index contributed by atoms with van der Waals surface area (Å²) in [6.07, 6.45) is 0. The predicted molar refractivity (Wildman–Crippen MR) is 104 cm³/mol. The van der Waals surface area contributed by atoms with Gasteiger partial charge in [-0.15, -0.1) is 0 Å². The van der Waals surface area contributed by atoms with E-state index in [0.29, 0.717) is 16.3 Å². The molecule has 13 heteroatoms. The molecular weight excluding hydrogens is 418 g/mol. The second-order valence-electron chi connectivity index (χ2n) is 6.09. The van der Waals surface area contributed by atoms with Crippen LogP contribution in [0.4, 0.5) is 5.82 Å². The monoisotopic (exact) mass is 433 g/mol. The fourth-order valence-corrected chi connectivity index (χ4v) is 2.55. The van der Waals surface area contributed by atoms with Crippen molar-refractivity contribution in [1.29, 1.82) is 0 Å². The number of hydrogen-bond donors (Lipinski definition) is 2. The topological polar surface area (TPSA) is 158 Å². The van der Waals surface area contributed by atoms with E-state index in [-0.39, 0.29) is 37.2 Å². The number of carbonyl (C=O) groups is 2. The van der Waals surface area contributed by atoms with Crippen molar-refractivity contribution in [3.8, 4) is 11.4 Å². The maximum Gasteiger partial charge on any atom is 0.390 e. The van der Waals surface area contributed by atoms with Crippen LogP contribution in [0.3, 0.4) is 0 Å². The molecule has 12 nitrogen and oxygen atoms in total. The molecule has 0 atom stereocenters. The van der Waals surface area contributed by atoms with Gasteiger partial charge in [0.05, 0.1) is 16.9 Å². The van der Waals surface area contributed by atoms with Gasteiger partial charge >= 0.3 is 17.6 Å². The zero-order valence-electron chi connectivity index (χ0n) is 15.7. The minimum Gasteiger partial charge on any atom is -0.358 e. The Balaban J connectivity index is 1.44. The van der Waals surface area contributed by atoms with Gasteiger partial charge in [0.1, 0.15) is 6.54 Å². The number of nitrogens with one attached hydrogen (secondary N) is 2. The van der Waals surface area contributed by atoms with Gasteiger partial charge in [0.15, 0.2) is 0 Å². The van der Waals surface area contributed by atoms with Crippen molar-refractivity contribution in [2.45, 2.75) is 13.5 Å². The number of aryl methyl sites for hydroxylation is 1. The van der Waals surface area contributed by atoms with Gasteiger partial charge in [-0.25, -0.2) is 0 Å². The number of nitro groups is 1. The number of amides is 2. The van der Waals surface area contributed by atoms with E-state index in [1.165, 1.54) is 10.7 Å². The lowest BCUT2D eigenvalue weighted by molar-refractivity contribution is -0.389. The third-order valence-corrected chi connectivity index (χ3v) is 4.16. The highest BCUT2D eigenvalue weighted by atomic mass is 35.5. The first-order chi connectivity index (χ1) is 14.3. The normalized spacial score (nSPS) is 10.6. The number of benzene rings is 1. The maximum atomic E-state index is 12.1. The Hall–Kier alpha value is -3.80. The summed E-state index contributed by atoms with van der Waals surface area (Å²) in [6.45, 7) is 1.67. The van der Waals surface area contributed by atoms with E-state index in [0.717, 1.165) is 0 Å². The number of rotatable bonds is 8. The number of nitrogens with zero attached hydrogens (tertiary/aromatic N) is 5. The summed E-state index contributed by atoms with van der Waals surface area (Å²) in [5.74, 6) is -1.30. The maximum absolute atomic E-state index is 12.1. The summed E-state index contributed by atoms with van der Waals surface area (Å²) in [7, 11) is 0. The molecule has 0 bridgehead atoms. The Morgan fingerprint density at radius 2 is 1.93 bits per heavy atom. The number of aromatic nitrogens is 4. The third-order valence-electron chi connectivity index (χ3n) is 3.90. The highest BCUT2D eigenvalue weighted by Gasteiger charge is 2.18. The molecule has 0 fully saturated rings. The van der Waals surface area contributed by atoms with E-state index >= 15 is 0 Å². The number of hydrogen-bond acceptors (Lipinski definition) is 8. The predicted octanol–water partition coefficient (Wildman–Crippen LogP) is 1.35. The van der Waals surface area contributed by atoms with Crippen LogP contribution in [-0.2, 0) is 11.3 Å². The van der Waals surface area contributed by atoms with E-state index < -0.39 is 16.7 Å². The molecule has 2 amide bonds. The zero-order valence-corrected chi connectivity index (χ0v) is 16.4. The first kappa shape index (κ1) is 20.9. The summed E-state index contributed by atoms with van der Waals surface area (Å²) < 4.78 is 6.17. The first-order valence-electron chi connectivity index (χ1n) is 8.67. The van der Waals surface area contributed by atoms with Gasteiger partial charge < -0.3 is 25.3 Å². The summed E-state index contributed by atoms with van der Waals surface area (Å²) in [5.41, 5.74) is 1.13. The molecule has 2 aromatic heterocycles. The highest BCUT2D eigenvalue weighted by Crippen LogP contribution is 2.18. The summed E-state index contributed by atoms with van der Waals surface area (Å²) in [4.78, 5) is 38.1. The van der Waals surface area contributed by atoms with Crippen molar-refractivity contribution in [3.63, 3.8) is 0 Å². The Labute approximate surface area is 174 Å². The molecule has 0 aliphatic heterocycles. The molecule has 0 spiro atoms. The van der Waals surface area contributed by atoms with E-state index in [4.69, 9.17) is 16.1 Å². The van der Waals surface area contributed by atoms with Crippen LogP contribution in [-0.4, -0.2) is 49.7 Å². The summed E-state index contributed by atoms with van der Waals surface area (Å²) in [5, 5.41) is 23.9. The van der Waals surface area contributed by atoms with Crippen LogP contribution in [0.15, 0.2) is 34.9 Å². The SMILES string of the molecule is Cc1cc([N+](=O)[O-])nn1CC(=O)NCCNC(=O)c1nc(-c2ccc(Cl)cc2)no1. The van der Waals surface area contributed by atoms with Crippen LogP contribution in [0, 0.1) is 17.0 Å². The van der Waals surface area contributed by atoms with Crippen LogP contribution >= 0.6 is 11.6 Å². The lowest BCUT2D eigenvalue weighted by atomic mass is 10.2. The molecular formula is C17H16ClN7O5. The summed E-state index contributed by atoms with van der Waals surface area (Å²) in [6, 6.07) is 7.99. The molecule has 1 aromatic carbocycles. The highest BCUT2D eigenvalue weighted by molar-refractivity contribution is 6.30. The molecule has 0 saturated carbocycles. The van der Waals surface area contributed by atoms with Crippen LogP contribution in [0.1, 0.15) is 16.4 Å². The molecule has 156 valence electrons. The van der Waals surface area contributed by atoms with Gasteiger partial charge in [0.25, 0.3) is 0 Å². The van der Waals surface area contributed by atoms with Crippen LogP contribution in [0.25, 0.3) is 11.4 Å². The molecule has 0 aliphatic rings. The minimum absolute atomic E-state index is 0.113. The van der Waals surface area contributed by atoms with Gasteiger partial charge in [0, 0.05) is 23.7 Å². The lowest BCUT2D eigenvalue weighted by Crippen LogP contribution is -2.36. The van der Waals surface area contributed by atoms with Crippen molar-refractivity contribution < 1.29 is 19.0 Å². The van der Waals surface area contributed by atoms with E-state index in [1.54, 1.807) is 31.2 Å². The molecule has 0 radical (unpaired) electrons. The van der Waals surface area contributed by atoms with Gasteiger partial charge in [-0.2, -0.15) is 9.67 Å². The largest absolute Gasteiger partial charge is 0.390 e. The van der Waals surface area contributed by atoms with Crippen LogP contribution < -0.4 is 10.6 Å². The molecule has 0 aliphatic carbocycles. The number of halogens is 1. The first-order valence-corrected chi connectivity index (χ1v) is 9.04. The average molecular weight is 434 g/mol. The van der Waals surface area contributed by atoms with E-state index in [2.05, 4.69) is 25.9 Å². The minimum atomic E-state index is -0.632. The van der Waals surface area contributed by atoms with Crippen molar-refractivity contribution >= 4 is 29.2 Å². The second-order valence-corrected chi connectivity index (χ2v) is 6.53. The Morgan fingerprint density at radius 3 is 2.60 bits per heavy atom. The van der Waals surface area contributed by atoms with Gasteiger partial charge in [0.2, 0.25) is 11.7 Å². The third kappa shape index (κ3) is 5.17. The summed E-state index contributed by atoms with van der Waals surface area (Å²) >= 11 is 5.82. The van der Waals surface area contributed by atoms with Gasteiger partial charge in [-0.1, -0.05) is 16.8 Å². The van der Waals surface area contributed by atoms with Gasteiger partial charge in [-0.05, 0) is 36.1 Å². The van der Waals surface area contributed by atoms with E-state index in [9.17, 15) is 19.7 Å². The molecule has 30 heavy (non-hydrogen) atoms.